The topological polar surface area (TPSA) is 76.1 Å². The molecule has 0 aromatic heterocycles. The van der Waals surface area contributed by atoms with E-state index in [9.17, 15) is 9.59 Å². The molecule has 0 atom stereocenters. The average molecular weight is 259 g/mol. The minimum absolute atomic E-state index is 0.0431. The van der Waals surface area contributed by atoms with Crippen molar-refractivity contribution in [3.63, 3.8) is 0 Å². The van der Waals surface area contributed by atoms with Crippen LogP contribution in [0.2, 0.25) is 0 Å². The third-order valence-corrected chi connectivity index (χ3v) is 2.86. The lowest BCUT2D eigenvalue weighted by Gasteiger charge is -2.27. The first-order chi connectivity index (χ1) is 8.50. The van der Waals surface area contributed by atoms with Gasteiger partial charge in [-0.15, -0.1) is 0 Å². The van der Waals surface area contributed by atoms with E-state index in [1.54, 1.807) is 13.8 Å². The van der Waals surface area contributed by atoms with E-state index >= 15 is 0 Å². The number of rotatable bonds is 6. The summed E-state index contributed by atoms with van der Waals surface area (Å²) < 4.78 is 10.7. The molecular formula is C12H21NO5. The molecule has 1 aliphatic rings. The van der Waals surface area contributed by atoms with E-state index in [0.29, 0.717) is 13.2 Å². The Kier molecular flexibility index (Phi) is 6.07. The molecule has 104 valence electrons. The van der Waals surface area contributed by atoms with Crippen molar-refractivity contribution >= 4 is 11.9 Å². The van der Waals surface area contributed by atoms with Gasteiger partial charge in [0.25, 0.3) is 0 Å². The molecule has 0 aliphatic carbocycles. The van der Waals surface area contributed by atoms with Gasteiger partial charge in [0.05, 0.1) is 6.10 Å². The summed E-state index contributed by atoms with van der Waals surface area (Å²) in [6.45, 7) is 4.54. The summed E-state index contributed by atoms with van der Waals surface area (Å²) in [6.07, 6.45) is 1.61. The Morgan fingerprint density at radius 1 is 1.39 bits per heavy atom. The molecule has 1 fully saturated rings. The van der Waals surface area contributed by atoms with Gasteiger partial charge < -0.3 is 19.5 Å². The van der Waals surface area contributed by atoms with Crippen molar-refractivity contribution in [3.05, 3.63) is 0 Å². The number of amides is 1. The third-order valence-electron chi connectivity index (χ3n) is 2.86. The normalized spacial score (nSPS) is 16.8. The summed E-state index contributed by atoms with van der Waals surface area (Å²) in [5.41, 5.74) is 0. The van der Waals surface area contributed by atoms with Gasteiger partial charge in [0, 0.05) is 19.3 Å². The molecule has 1 heterocycles. The van der Waals surface area contributed by atoms with Crippen LogP contribution >= 0.6 is 0 Å². The summed E-state index contributed by atoms with van der Waals surface area (Å²) in [4.78, 5) is 23.8. The van der Waals surface area contributed by atoms with E-state index < -0.39 is 5.97 Å². The molecule has 0 aromatic carbocycles. The van der Waals surface area contributed by atoms with Crippen LogP contribution in [0.1, 0.15) is 26.7 Å². The molecular weight excluding hydrogens is 238 g/mol. The van der Waals surface area contributed by atoms with Crippen LogP contribution in [0.25, 0.3) is 0 Å². The van der Waals surface area contributed by atoms with Gasteiger partial charge in [-0.25, -0.2) is 0 Å². The highest BCUT2D eigenvalue weighted by atomic mass is 16.5. The summed E-state index contributed by atoms with van der Waals surface area (Å²) >= 11 is 0. The smallest absolute Gasteiger partial charge is 0.323 e. The predicted molar refractivity (Wildman–Crippen MR) is 64.3 cm³/mol. The van der Waals surface area contributed by atoms with E-state index in [1.807, 2.05) is 0 Å². The van der Waals surface area contributed by atoms with Gasteiger partial charge in [0.15, 0.2) is 0 Å². The summed E-state index contributed by atoms with van der Waals surface area (Å²) in [7, 11) is 0. The fourth-order valence-corrected chi connectivity index (χ4v) is 1.82. The lowest BCUT2D eigenvalue weighted by Crippen LogP contribution is -2.43. The van der Waals surface area contributed by atoms with E-state index in [0.717, 1.165) is 12.8 Å². The second-order valence-electron chi connectivity index (χ2n) is 4.63. The Hall–Kier alpha value is -1.14. The fourth-order valence-electron chi connectivity index (χ4n) is 1.82. The molecule has 6 nitrogen and oxygen atoms in total. The molecule has 0 radical (unpaired) electrons. The average Bonchev–Trinajstić information content (AvgIpc) is 2.34. The van der Waals surface area contributed by atoms with Crippen LogP contribution in [-0.4, -0.2) is 60.4 Å². The Balaban J connectivity index is 2.38. The Labute approximate surface area is 107 Å². The quantitative estimate of drug-likeness (QED) is 0.752. The summed E-state index contributed by atoms with van der Waals surface area (Å²) in [6, 6.07) is -0.146. The van der Waals surface area contributed by atoms with Crippen LogP contribution in [0, 0.1) is 0 Å². The van der Waals surface area contributed by atoms with Crippen molar-refractivity contribution in [2.24, 2.45) is 0 Å². The van der Waals surface area contributed by atoms with Gasteiger partial charge in [0.1, 0.15) is 13.2 Å². The fraction of sp³-hybridized carbons (Fsp3) is 0.833. The molecule has 1 N–H and O–H groups in total. The van der Waals surface area contributed by atoms with Crippen LogP contribution < -0.4 is 0 Å². The molecule has 1 aliphatic heterocycles. The zero-order valence-corrected chi connectivity index (χ0v) is 10.9. The first kappa shape index (κ1) is 14.9. The van der Waals surface area contributed by atoms with E-state index in [2.05, 4.69) is 0 Å². The number of hydrogen-bond donors (Lipinski definition) is 1. The monoisotopic (exact) mass is 259 g/mol. The van der Waals surface area contributed by atoms with Crippen molar-refractivity contribution in [2.75, 3.05) is 26.4 Å². The Morgan fingerprint density at radius 3 is 2.50 bits per heavy atom. The van der Waals surface area contributed by atoms with Crippen molar-refractivity contribution in [1.29, 1.82) is 0 Å². The second kappa shape index (κ2) is 7.33. The third kappa shape index (κ3) is 5.01. The lowest BCUT2D eigenvalue weighted by molar-refractivity contribution is -0.150. The maximum Gasteiger partial charge on any atom is 0.323 e. The summed E-state index contributed by atoms with van der Waals surface area (Å²) in [5.74, 6) is -1.29. The van der Waals surface area contributed by atoms with Gasteiger partial charge in [-0.1, -0.05) is 0 Å². The van der Waals surface area contributed by atoms with Crippen LogP contribution in [0.15, 0.2) is 0 Å². The second-order valence-corrected chi connectivity index (χ2v) is 4.63. The highest BCUT2D eigenvalue weighted by molar-refractivity contribution is 5.82. The molecule has 0 aromatic rings. The first-order valence-electron chi connectivity index (χ1n) is 6.21. The lowest BCUT2D eigenvalue weighted by atomic mass is 10.1. The Morgan fingerprint density at radius 2 is 2.00 bits per heavy atom. The van der Waals surface area contributed by atoms with Crippen LogP contribution in [0.3, 0.4) is 0 Å². The SMILES string of the molecule is CC(C)N(CC(=O)O)C(=O)COC1CCOCC1. The standard InChI is InChI=1S/C12H21NO5/c1-9(2)13(7-12(15)16)11(14)8-18-10-3-5-17-6-4-10/h9-10H,3-8H2,1-2H3,(H,15,16). The van der Waals surface area contributed by atoms with Gasteiger partial charge in [0.2, 0.25) is 5.91 Å². The number of carbonyl (C=O) groups is 2. The molecule has 18 heavy (non-hydrogen) atoms. The minimum Gasteiger partial charge on any atom is -0.480 e. The minimum atomic E-state index is -1.01. The molecule has 0 spiro atoms. The van der Waals surface area contributed by atoms with Crippen LogP contribution in [-0.2, 0) is 19.1 Å². The molecule has 6 heteroatoms. The number of hydrogen-bond acceptors (Lipinski definition) is 4. The van der Waals surface area contributed by atoms with Gasteiger partial charge in [-0.3, -0.25) is 9.59 Å². The van der Waals surface area contributed by atoms with Gasteiger partial charge >= 0.3 is 5.97 Å². The van der Waals surface area contributed by atoms with Crippen molar-refractivity contribution < 1.29 is 24.2 Å². The van der Waals surface area contributed by atoms with Crippen molar-refractivity contribution in [1.82, 2.24) is 4.90 Å². The molecule has 1 saturated heterocycles. The Bertz CT molecular complexity index is 286. The zero-order chi connectivity index (χ0) is 13.5. The molecule has 1 amide bonds. The predicted octanol–water partition coefficient (Wildman–Crippen LogP) is 0.504. The van der Waals surface area contributed by atoms with E-state index in [4.69, 9.17) is 14.6 Å². The van der Waals surface area contributed by atoms with E-state index in [1.165, 1.54) is 4.90 Å². The maximum absolute atomic E-state index is 11.9. The zero-order valence-electron chi connectivity index (χ0n) is 10.9. The number of carboxylic acid groups (broad SMARTS) is 1. The number of nitrogens with zero attached hydrogens (tertiary/aromatic N) is 1. The van der Waals surface area contributed by atoms with Crippen molar-refractivity contribution in [3.8, 4) is 0 Å². The molecule has 0 bridgehead atoms. The molecule has 0 unspecified atom stereocenters. The number of ether oxygens (including phenoxy) is 2. The highest BCUT2D eigenvalue weighted by Gasteiger charge is 2.22. The highest BCUT2D eigenvalue weighted by Crippen LogP contribution is 2.11. The number of carbonyl (C=O) groups excluding carboxylic acids is 1. The number of carboxylic acids is 1. The maximum atomic E-state index is 11.9. The first-order valence-corrected chi connectivity index (χ1v) is 6.21. The summed E-state index contributed by atoms with van der Waals surface area (Å²) in [5, 5.41) is 8.75. The van der Waals surface area contributed by atoms with E-state index in [-0.39, 0.29) is 31.2 Å². The van der Waals surface area contributed by atoms with Gasteiger partial charge in [-0.2, -0.15) is 0 Å². The molecule has 1 rings (SSSR count). The molecule has 0 saturated carbocycles. The van der Waals surface area contributed by atoms with Crippen LogP contribution in [0.4, 0.5) is 0 Å². The van der Waals surface area contributed by atoms with Crippen LogP contribution in [0.5, 0.6) is 0 Å². The van der Waals surface area contributed by atoms with Gasteiger partial charge in [-0.05, 0) is 26.7 Å². The van der Waals surface area contributed by atoms with Crippen molar-refractivity contribution in [2.45, 2.75) is 38.8 Å². The largest absolute Gasteiger partial charge is 0.480 e. The number of aliphatic carboxylic acids is 1.